The van der Waals surface area contributed by atoms with Crippen LogP contribution in [0.15, 0.2) is 24.5 Å². The van der Waals surface area contributed by atoms with E-state index in [0.717, 1.165) is 10.5 Å². The Morgan fingerprint density at radius 1 is 1.44 bits per heavy atom. The molecule has 0 aliphatic rings. The van der Waals surface area contributed by atoms with E-state index in [1.165, 1.54) is 7.05 Å². The lowest BCUT2D eigenvalue weighted by Gasteiger charge is -2.14. The molecule has 0 saturated heterocycles. The lowest BCUT2D eigenvalue weighted by Crippen LogP contribution is -2.32. The highest BCUT2D eigenvalue weighted by molar-refractivity contribution is 5.76. The first-order chi connectivity index (χ1) is 7.59. The average Bonchev–Trinajstić information content (AvgIpc) is 2.26. The number of rotatable bonds is 4. The number of amides is 1. The van der Waals surface area contributed by atoms with E-state index >= 15 is 0 Å². The molecule has 1 aromatic heterocycles. The van der Waals surface area contributed by atoms with Gasteiger partial charge in [0.1, 0.15) is 13.2 Å². The number of likely N-dealkylation sites (N-methyl/N-ethyl adjacent to an activating group) is 1. The Morgan fingerprint density at radius 2 is 2.06 bits per heavy atom. The molecule has 0 aliphatic carbocycles. The zero-order valence-corrected chi connectivity index (χ0v) is 8.79. The molecule has 1 rings (SSSR count). The molecule has 6 heteroatoms. The Morgan fingerprint density at radius 3 is 2.62 bits per heavy atom. The van der Waals surface area contributed by atoms with Crippen molar-refractivity contribution in [3.63, 3.8) is 0 Å². The molecule has 16 heavy (non-hydrogen) atoms. The Balaban J connectivity index is 2.38. The second-order valence-electron chi connectivity index (χ2n) is 3.16. The van der Waals surface area contributed by atoms with Crippen molar-refractivity contribution in [2.45, 2.75) is 6.61 Å². The first-order valence-corrected chi connectivity index (χ1v) is 4.58. The van der Waals surface area contributed by atoms with Crippen LogP contribution in [0.1, 0.15) is 5.56 Å². The van der Waals surface area contributed by atoms with E-state index in [2.05, 4.69) is 4.98 Å². The molecule has 0 atom stereocenters. The lowest BCUT2D eigenvalue weighted by atomic mass is 10.3. The maximum Gasteiger partial charge on any atom is 0.410 e. The summed E-state index contributed by atoms with van der Waals surface area (Å²) in [6.07, 6.45) is 2.51. The summed E-state index contributed by atoms with van der Waals surface area (Å²) in [5.74, 6) is -1.08. The topological polar surface area (TPSA) is 79.7 Å². The van der Waals surface area contributed by atoms with Crippen molar-refractivity contribution < 1.29 is 19.4 Å². The smallest absolute Gasteiger partial charge is 0.410 e. The van der Waals surface area contributed by atoms with Crippen LogP contribution in [-0.2, 0) is 16.1 Å². The molecule has 1 aromatic rings. The van der Waals surface area contributed by atoms with Crippen LogP contribution in [0.3, 0.4) is 0 Å². The zero-order valence-electron chi connectivity index (χ0n) is 8.79. The Kier molecular flexibility index (Phi) is 4.26. The largest absolute Gasteiger partial charge is 0.480 e. The number of carboxylic acids is 1. The van der Waals surface area contributed by atoms with Gasteiger partial charge in [0.15, 0.2) is 0 Å². The van der Waals surface area contributed by atoms with Gasteiger partial charge in [-0.2, -0.15) is 0 Å². The van der Waals surface area contributed by atoms with Crippen LogP contribution in [-0.4, -0.2) is 40.6 Å². The van der Waals surface area contributed by atoms with Gasteiger partial charge >= 0.3 is 12.1 Å². The predicted molar refractivity (Wildman–Crippen MR) is 54.7 cm³/mol. The highest BCUT2D eigenvalue weighted by Gasteiger charge is 2.12. The molecule has 0 fully saturated rings. The summed E-state index contributed by atoms with van der Waals surface area (Å²) >= 11 is 0. The van der Waals surface area contributed by atoms with E-state index in [0.29, 0.717) is 0 Å². The number of hydrogen-bond donors (Lipinski definition) is 1. The van der Waals surface area contributed by atoms with Gasteiger partial charge in [0.2, 0.25) is 0 Å². The summed E-state index contributed by atoms with van der Waals surface area (Å²) in [5, 5.41) is 8.46. The van der Waals surface area contributed by atoms with E-state index in [1.54, 1.807) is 24.5 Å². The molecule has 0 aliphatic heterocycles. The lowest BCUT2D eigenvalue weighted by molar-refractivity contribution is -0.137. The second kappa shape index (κ2) is 5.69. The Labute approximate surface area is 92.5 Å². The maximum absolute atomic E-state index is 11.3. The van der Waals surface area contributed by atoms with Crippen molar-refractivity contribution in [3.05, 3.63) is 30.1 Å². The number of carboxylic acid groups (broad SMARTS) is 1. The predicted octanol–water partition coefficient (Wildman–Crippen LogP) is 0.735. The third kappa shape index (κ3) is 3.95. The minimum atomic E-state index is -1.08. The molecule has 0 unspecified atom stereocenters. The summed E-state index contributed by atoms with van der Waals surface area (Å²) in [4.78, 5) is 26.4. The molecule has 6 nitrogen and oxygen atoms in total. The van der Waals surface area contributed by atoms with Gasteiger partial charge in [0, 0.05) is 19.4 Å². The molecule has 0 aromatic carbocycles. The number of ether oxygens (including phenoxy) is 1. The monoisotopic (exact) mass is 224 g/mol. The summed E-state index contributed by atoms with van der Waals surface area (Å²) in [5.41, 5.74) is 0.798. The molecule has 1 amide bonds. The van der Waals surface area contributed by atoms with Crippen LogP contribution in [0.4, 0.5) is 4.79 Å². The Hall–Kier alpha value is -2.11. The van der Waals surface area contributed by atoms with Gasteiger partial charge in [-0.05, 0) is 17.7 Å². The van der Waals surface area contributed by atoms with Gasteiger partial charge in [-0.1, -0.05) is 0 Å². The standard InChI is InChI=1S/C10H12N2O4/c1-12(6-9(13)14)10(15)16-7-8-2-4-11-5-3-8/h2-5H,6-7H2,1H3,(H,13,14). The van der Waals surface area contributed by atoms with E-state index in [1.807, 2.05) is 0 Å². The van der Waals surface area contributed by atoms with E-state index < -0.39 is 12.1 Å². The van der Waals surface area contributed by atoms with E-state index in [9.17, 15) is 9.59 Å². The summed E-state index contributed by atoms with van der Waals surface area (Å²) in [6, 6.07) is 3.43. The number of pyridine rings is 1. The van der Waals surface area contributed by atoms with Gasteiger partial charge in [0.05, 0.1) is 0 Å². The minimum absolute atomic E-state index is 0.102. The SMILES string of the molecule is CN(CC(=O)O)C(=O)OCc1ccncc1. The fourth-order valence-corrected chi connectivity index (χ4v) is 1.00. The molecule has 86 valence electrons. The normalized spacial score (nSPS) is 9.56. The summed E-state index contributed by atoms with van der Waals surface area (Å²) in [6.45, 7) is -0.277. The molecule has 1 heterocycles. The van der Waals surface area contributed by atoms with Crippen LogP contribution in [0.25, 0.3) is 0 Å². The molecule has 0 spiro atoms. The fraction of sp³-hybridized carbons (Fsp3) is 0.300. The summed E-state index contributed by atoms with van der Waals surface area (Å²) < 4.78 is 4.89. The molecule has 0 radical (unpaired) electrons. The van der Waals surface area contributed by atoms with Crippen molar-refractivity contribution in [2.75, 3.05) is 13.6 Å². The van der Waals surface area contributed by atoms with Crippen molar-refractivity contribution >= 4 is 12.1 Å². The molecular formula is C10H12N2O4. The van der Waals surface area contributed by atoms with Gasteiger partial charge in [0.25, 0.3) is 0 Å². The second-order valence-corrected chi connectivity index (χ2v) is 3.16. The van der Waals surface area contributed by atoms with Gasteiger partial charge < -0.3 is 14.7 Å². The van der Waals surface area contributed by atoms with Crippen LogP contribution < -0.4 is 0 Å². The number of carbonyl (C=O) groups excluding carboxylic acids is 1. The van der Waals surface area contributed by atoms with E-state index in [-0.39, 0.29) is 13.2 Å². The van der Waals surface area contributed by atoms with Crippen LogP contribution in [0.5, 0.6) is 0 Å². The van der Waals surface area contributed by atoms with Crippen molar-refractivity contribution in [1.82, 2.24) is 9.88 Å². The summed E-state index contributed by atoms with van der Waals surface area (Å²) in [7, 11) is 1.36. The number of nitrogens with zero attached hydrogens (tertiary/aromatic N) is 2. The van der Waals surface area contributed by atoms with Gasteiger partial charge in [-0.15, -0.1) is 0 Å². The van der Waals surface area contributed by atoms with Crippen LogP contribution in [0.2, 0.25) is 0 Å². The van der Waals surface area contributed by atoms with Crippen LogP contribution in [0, 0.1) is 0 Å². The maximum atomic E-state index is 11.3. The molecular weight excluding hydrogens is 212 g/mol. The number of carbonyl (C=O) groups is 2. The van der Waals surface area contributed by atoms with Gasteiger partial charge in [-0.3, -0.25) is 9.78 Å². The van der Waals surface area contributed by atoms with Crippen molar-refractivity contribution in [1.29, 1.82) is 0 Å². The first kappa shape index (κ1) is 12.0. The van der Waals surface area contributed by atoms with Crippen LogP contribution >= 0.6 is 0 Å². The first-order valence-electron chi connectivity index (χ1n) is 4.58. The Bertz CT molecular complexity index is 366. The zero-order chi connectivity index (χ0) is 12.0. The third-order valence-corrected chi connectivity index (χ3v) is 1.80. The van der Waals surface area contributed by atoms with Gasteiger partial charge in [-0.25, -0.2) is 4.79 Å². The molecule has 0 saturated carbocycles. The average molecular weight is 224 g/mol. The third-order valence-electron chi connectivity index (χ3n) is 1.80. The highest BCUT2D eigenvalue weighted by Crippen LogP contribution is 2.00. The van der Waals surface area contributed by atoms with Crippen molar-refractivity contribution in [3.8, 4) is 0 Å². The number of aromatic nitrogens is 1. The quantitative estimate of drug-likeness (QED) is 0.815. The molecule has 0 bridgehead atoms. The van der Waals surface area contributed by atoms with E-state index in [4.69, 9.17) is 9.84 Å². The number of hydrogen-bond acceptors (Lipinski definition) is 4. The number of aliphatic carboxylic acids is 1. The van der Waals surface area contributed by atoms with Crippen molar-refractivity contribution in [2.24, 2.45) is 0 Å². The highest BCUT2D eigenvalue weighted by atomic mass is 16.6. The minimum Gasteiger partial charge on any atom is -0.480 e. The molecule has 1 N–H and O–H groups in total. The fourth-order valence-electron chi connectivity index (χ4n) is 1.00.